The SMILES string of the molecule is CC[C@@H](COP(OCCC#N)N(C(C)C)C(C)C)O[C@@H](COC(=O)c1ccccc1)n1cnc2c(=O)[nH]c(NC(=O)C(C)C)nc21. The molecule has 3 atom stereocenters. The molecule has 0 radical (unpaired) electrons. The third kappa shape index (κ3) is 10.1. The van der Waals surface area contributed by atoms with Gasteiger partial charge in [-0.15, -0.1) is 0 Å². The molecule has 1 amide bonds. The fourth-order valence-electron chi connectivity index (χ4n) is 4.38. The maximum absolute atomic E-state index is 12.9. The number of fused-ring (bicyclic) bond motifs is 1. The van der Waals surface area contributed by atoms with Crippen molar-refractivity contribution in [1.29, 1.82) is 5.26 Å². The number of amides is 1. The van der Waals surface area contributed by atoms with Gasteiger partial charge in [0.2, 0.25) is 11.9 Å². The number of anilines is 1. The van der Waals surface area contributed by atoms with Gasteiger partial charge in [-0.1, -0.05) is 39.0 Å². The lowest BCUT2D eigenvalue weighted by molar-refractivity contribution is -0.118. The van der Waals surface area contributed by atoms with E-state index in [1.165, 1.54) is 10.9 Å². The molecule has 0 aliphatic rings. The topological polar surface area (TPSA) is 174 Å². The minimum absolute atomic E-state index is 0.0220. The summed E-state index contributed by atoms with van der Waals surface area (Å²) in [5.74, 6) is -1.28. The minimum atomic E-state index is -1.52. The standard InChI is InChI=1S/C31H44N7O7P/c1-8-24(17-44-46(43-16-12-15-32)38(21(4)5)22(6)7)45-25(18-42-30(41)23-13-10-9-11-14-23)37-19-33-26-27(37)34-31(36-29(26)40)35-28(39)20(2)3/h9-11,13-14,19-22,24-25H,8,12,16-18H2,1-7H3,(H2,34,35,36,39,40)/t24-,25-,46?/m0/s1. The molecule has 250 valence electrons. The second-order valence-electron chi connectivity index (χ2n) is 11.3. The van der Waals surface area contributed by atoms with E-state index in [0.29, 0.717) is 12.0 Å². The number of nitriles is 1. The Bertz CT molecular complexity index is 1510. The monoisotopic (exact) mass is 657 g/mol. The molecule has 0 aliphatic carbocycles. The van der Waals surface area contributed by atoms with Crippen molar-refractivity contribution in [2.75, 3.05) is 25.1 Å². The summed E-state index contributed by atoms with van der Waals surface area (Å²) in [4.78, 5) is 49.3. The van der Waals surface area contributed by atoms with Crippen molar-refractivity contribution in [3.05, 3.63) is 52.6 Å². The molecule has 1 aromatic carbocycles. The third-order valence-electron chi connectivity index (χ3n) is 6.71. The highest BCUT2D eigenvalue weighted by molar-refractivity contribution is 7.44. The quantitative estimate of drug-likeness (QED) is 0.105. The number of H-pyrrole nitrogens is 1. The smallest absolute Gasteiger partial charge is 0.338 e. The molecule has 0 fully saturated rings. The first-order valence-corrected chi connectivity index (χ1v) is 16.5. The molecule has 0 saturated carbocycles. The van der Waals surface area contributed by atoms with Gasteiger partial charge in [-0.05, 0) is 46.2 Å². The maximum Gasteiger partial charge on any atom is 0.338 e. The van der Waals surface area contributed by atoms with Gasteiger partial charge < -0.3 is 18.5 Å². The van der Waals surface area contributed by atoms with Crippen LogP contribution in [-0.4, -0.2) is 74.1 Å². The van der Waals surface area contributed by atoms with Gasteiger partial charge in [-0.2, -0.15) is 10.2 Å². The number of ether oxygens (including phenoxy) is 2. The van der Waals surface area contributed by atoms with Crippen molar-refractivity contribution in [3.8, 4) is 6.07 Å². The van der Waals surface area contributed by atoms with E-state index in [2.05, 4.69) is 31.0 Å². The van der Waals surface area contributed by atoms with Crippen molar-refractivity contribution < 1.29 is 28.1 Å². The summed E-state index contributed by atoms with van der Waals surface area (Å²) in [6.45, 7) is 13.7. The van der Waals surface area contributed by atoms with Crippen LogP contribution in [0.15, 0.2) is 41.5 Å². The number of carbonyl (C=O) groups is 2. The van der Waals surface area contributed by atoms with Gasteiger partial charge in [0.1, 0.15) is 6.61 Å². The molecule has 3 aromatic rings. The van der Waals surface area contributed by atoms with Crippen LogP contribution in [0.1, 0.15) is 77.9 Å². The van der Waals surface area contributed by atoms with Crippen molar-refractivity contribution >= 4 is 37.5 Å². The summed E-state index contributed by atoms with van der Waals surface area (Å²) in [6, 6.07) is 10.9. The Kier molecular flexibility index (Phi) is 14.2. The van der Waals surface area contributed by atoms with E-state index in [4.69, 9.17) is 23.8 Å². The van der Waals surface area contributed by atoms with Crippen molar-refractivity contribution in [3.63, 3.8) is 0 Å². The molecule has 3 rings (SSSR count). The Labute approximate surface area is 270 Å². The molecule has 2 N–H and O–H groups in total. The molecule has 2 heterocycles. The lowest BCUT2D eigenvalue weighted by Crippen LogP contribution is -2.35. The molecule has 0 saturated heterocycles. The summed E-state index contributed by atoms with van der Waals surface area (Å²) in [7, 11) is -1.52. The van der Waals surface area contributed by atoms with Crippen LogP contribution in [0, 0.1) is 17.2 Å². The lowest BCUT2D eigenvalue weighted by Gasteiger charge is -2.36. The summed E-state index contributed by atoms with van der Waals surface area (Å²) in [5, 5.41) is 11.6. The Balaban J connectivity index is 1.92. The number of nitrogens with zero attached hydrogens (tertiary/aromatic N) is 5. The number of rotatable bonds is 18. The molecular weight excluding hydrogens is 613 g/mol. The van der Waals surface area contributed by atoms with Gasteiger partial charge >= 0.3 is 5.97 Å². The number of aromatic nitrogens is 4. The third-order valence-corrected chi connectivity index (χ3v) is 8.79. The molecule has 15 heteroatoms. The molecule has 14 nitrogen and oxygen atoms in total. The van der Waals surface area contributed by atoms with Crippen LogP contribution in [-0.2, 0) is 23.3 Å². The van der Waals surface area contributed by atoms with Gasteiger partial charge in [0.25, 0.3) is 14.1 Å². The number of nitrogens with one attached hydrogen (secondary N) is 2. The molecular formula is C31H44N7O7P. The first-order chi connectivity index (χ1) is 22.0. The lowest BCUT2D eigenvalue weighted by atomic mass is 10.2. The van der Waals surface area contributed by atoms with Gasteiger partial charge in [0.15, 0.2) is 17.4 Å². The zero-order valence-corrected chi connectivity index (χ0v) is 28.3. The summed E-state index contributed by atoms with van der Waals surface area (Å²) < 4.78 is 28.1. The van der Waals surface area contributed by atoms with Crippen LogP contribution in [0.2, 0.25) is 0 Å². The number of esters is 1. The maximum atomic E-state index is 12.9. The van der Waals surface area contributed by atoms with Crippen molar-refractivity contribution in [2.24, 2.45) is 5.92 Å². The fourth-order valence-corrected chi connectivity index (χ4v) is 6.02. The fraction of sp³-hybridized carbons (Fsp3) is 0.548. The van der Waals surface area contributed by atoms with Gasteiger partial charge in [-0.3, -0.25) is 24.5 Å². The van der Waals surface area contributed by atoms with Gasteiger partial charge in [0, 0.05) is 18.0 Å². The summed E-state index contributed by atoms with van der Waals surface area (Å²) in [6.07, 6.45) is 0.655. The number of aromatic amines is 1. The van der Waals surface area contributed by atoms with Gasteiger partial charge in [0.05, 0.1) is 43.7 Å². The molecule has 46 heavy (non-hydrogen) atoms. The van der Waals surface area contributed by atoms with Gasteiger partial charge in [-0.25, -0.2) is 14.4 Å². The van der Waals surface area contributed by atoms with Crippen LogP contribution < -0.4 is 10.9 Å². The van der Waals surface area contributed by atoms with Crippen molar-refractivity contribution in [1.82, 2.24) is 24.2 Å². The molecule has 0 spiro atoms. The predicted molar refractivity (Wildman–Crippen MR) is 174 cm³/mol. The first kappa shape index (κ1) is 36.7. The number of benzene rings is 1. The normalized spacial score (nSPS) is 13.7. The zero-order chi connectivity index (χ0) is 33.8. The van der Waals surface area contributed by atoms with Crippen LogP contribution in [0.3, 0.4) is 0 Å². The average molecular weight is 658 g/mol. The largest absolute Gasteiger partial charge is 0.457 e. The van der Waals surface area contributed by atoms with Crippen molar-refractivity contribution in [2.45, 2.75) is 85.7 Å². The Morgan fingerprint density at radius 3 is 2.39 bits per heavy atom. The summed E-state index contributed by atoms with van der Waals surface area (Å²) in [5.41, 5.74) is -0.0372. The van der Waals surface area contributed by atoms with Crippen LogP contribution in [0.4, 0.5) is 5.95 Å². The first-order valence-electron chi connectivity index (χ1n) is 15.3. The summed E-state index contributed by atoms with van der Waals surface area (Å²) >= 11 is 0. The predicted octanol–water partition coefficient (Wildman–Crippen LogP) is 5.16. The van der Waals surface area contributed by atoms with E-state index in [0.717, 1.165) is 0 Å². The van der Waals surface area contributed by atoms with Crippen LogP contribution in [0.25, 0.3) is 11.2 Å². The zero-order valence-electron chi connectivity index (χ0n) is 27.4. The number of hydrogen-bond donors (Lipinski definition) is 2. The molecule has 1 unspecified atom stereocenters. The van der Waals surface area contributed by atoms with E-state index in [1.807, 2.05) is 34.6 Å². The molecule has 0 aliphatic heterocycles. The average Bonchev–Trinajstić information content (AvgIpc) is 3.44. The highest BCUT2D eigenvalue weighted by atomic mass is 31.2. The number of hydrogen-bond acceptors (Lipinski definition) is 11. The molecule has 0 bridgehead atoms. The number of carbonyl (C=O) groups excluding carboxylic acids is 2. The number of imidazole rings is 1. The van der Waals surface area contributed by atoms with Crippen LogP contribution in [0.5, 0.6) is 0 Å². The van der Waals surface area contributed by atoms with E-state index in [9.17, 15) is 14.4 Å². The van der Waals surface area contributed by atoms with E-state index in [1.54, 1.807) is 44.2 Å². The highest BCUT2D eigenvalue weighted by Gasteiger charge is 2.30. The Morgan fingerprint density at radius 1 is 1.09 bits per heavy atom. The second kappa shape index (κ2) is 17.8. The highest BCUT2D eigenvalue weighted by Crippen LogP contribution is 2.46. The second-order valence-corrected chi connectivity index (χ2v) is 12.8. The van der Waals surface area contributed by atoms with E-state index < -0.39 is 32.4 Å². The Morgan fingerprint density at radius 2 is 1.78 bits per heavy atom. The van der Waals surface area contributed by atoms with E-state index in [-0.39, 0.29) is 67.3 Å². The minimum Gasteiger partial charge on any atom is -0.457 e. The van der Waals surface area contributed by atoms with Crippen LogP contribution >= 0.6 is 8.53 Å². The Hall–Kier alpha value is -3.73. The molecule has 2 aromatic heterocycles. The van der Waals surface area contributed by atoms with E-state index >= 15 is 0 Å².